The molecule has 1 saturated heterocycles. The zero-order valence-corrected chi connectivity index (χ0v) is 10.9. The van der Waals surface area contributed by atoms with E-state index in [9.17, 15) is 0 Å². The van der Waals surface area contributed by atoms with Gasteiger partial charge in [0.25, 0.3) is 0 Å². The molecule has 2 aliphatic rings. The molecule has 0 radical (unpaired) electrons. The number of hydrogen-bond donors (Lipinski definition) is 0. The van der Waals surface area contributed by atoms with Crippen LogP contribution in [0.5, 0.6) is 0 Å². The molecule has 0 aromatic carbocycles. The van der Waals surface area contributed by atoms with Crippen molar-refractivity contribution in [3.63, 3.8) is 0 Å². The fourth-order valence-electron chi connectivity index (χ4n) is 3.13. The van der Waals surface area contributed by atoms with Crippen LogP contribution in [0.4, 0.5) is 0 Å². The maximum Gasteiger partial charge on any atom is 0.155 e. The van der Waals surface area contributed by atoms with E-state index < -0.39 is 0 Å². The highest BCUT2D eigenvalue weighted by Crippen LogP contribution is 2.29. The summed E-state index contributed by atoms with van der Waals surface area (Å²) in [5.41, 5.74) is 0. The van der Waals surface area contributed by atoms with Crippen molar-refractivity contribution in [2.24, 2.45) is 0 Å². The van der Waals surface area contributed by atoms with E-state index in [1.165, 1.54) is 38.1 Å². The maximum absolute atomic E-state index is 4.82. The number of piperidine rings is 1. The third kappa shape index (κ3) is 2.10. The van der Waals surface area contributed by atoms with Crippen LogP contribution in [0, 0.1) is 0 Å². The van der Waals surface area contributed by atoms with Gasteiger partial charge in [-0.05, 0) is 39.3 Å². The second kappa shape index (κ2) is 4.41. The number of likely N-dealkylation sites (N-methyl/N-ethyl adjacent to an activating group) is 1. The SMILES string of the molecule is CC1CCCn2nc(C3CCCN(C)C3)nc21. The van der Waals surface area contributed by atoms with Gasteiger partial charge >= 0.3 is 0 Å². The summed E-state index contributed by atoms with van der Waals surface area (Å²) in [5, 5.41) is 4.74. The Morgan fingerprint density at radius 2 is 2.00 bits per heavy atom. The largest absolute Gasteiger partial charge is 0.306 e. The Kier molecular flexibility index (Phi) is 2.90. The lowest BCUT2D eigenvalue weighted by molar-refractivity contribution is 0.245. The van der Waals surface area contributed by atoms with E-state index in [2.05, 4.69) is 23.6 Å². The standard InChI is InChI=1S/C13H22N4/c1-10-5-3-8-17-13(10)14-12(15-17)11-6-4-7-16(2)9-11/h10-11H,3-9H2,1-2H3. The number of likely N-dealkylation sites (tertiary alicyclic amines) is 1. The van der Waals surface area contributed by atoms with Gasteiger partial charge in [-0.25, -0.2) is 9.67 Å². The van der Waals surface area contributed by atoms with Crippen LogP contribution in [-0.4, -0.2) is 39.8 Å². The van der Waals surface area contributed by atoms with Gasteiger partial charge in [-0.2, -0.15) is 5.10 Å². The molecule has 0 bridgehead atoms. The number of fused-ring (bicyclic) bond motifs is 1. The minimum Gasteiger partial charge on any atom is -0.306 e. The predicted molar refractivity (Wildman–Crippen MR) is 67.1 cm³/mol. The summed E-state index contributed by atoms with van der Waals surface area (Å²) in [6.07, 6.45) is 5.05. The Morgan fingerprint density at radius 3 is 2.76 bits per heavy atom. The van der Waals surface area contributed by atoms with Gasteiger partial charge in [-0.3, -0.25) is 0 Å². The minimum absolute atomic E-state index is 0.555. The van der Waals surface area contributed by atoms with Crippen LogP contribution >= 0.6 is 0 Å². The monoisotopic (exact) mass is 234 g/mol. The molecule has 3 rings (SSSR count). The van der Waals surface area contributed by atoms with Gasteiger partial charge in [0, 0.05) is 24.9 Å². The Balaban J connectivity index is 1.83. The van der Waals surface area contributed by atoms with Crippen molar-refractivity contribution in [3.05, 3.63) is 11.6 Å². The highest BCUT2D eigenvalue weighted by atomic mass is 15.4. The Labute approximate surface area is 103 Å². The first kappa shape index (κ1) is 11.2. The molecule has 3 heterocycles. The molecule has 1 aromatic heterocycles. The molecule has 0 spiro atoms. The van der Waals surface area contributed by atoms with Crippen LogP contribution in [0.25, 0.3) is 0 Å². The first-order valence-electron chi connectivity index (χ1n) is 6.87. The summed E-state index contributed by atoms with van der Waals surface area (Å²) in [4.78, 5) is 7.22. The summed E-state index contributed by atoms with van der Waals surface area (Å²) in [5.74, 6) is 3.46. The molecule has 94 valence electrons. The van der Waals surface area contributed by atoms with Crippen molar-refractivity contribution in [2.75, 3.05) is 20.1 Å². The minimum atomic E-state index is 0.555. The van der Waals surface area contributed by atoms with Gasteiger partial charge in [0.1, 0.15) is 5.82 Å². The van der Waals surface area contributed by atoms with E-state index in [0.29, 0.717) is 11.8 Å². The Bertz CT molecular complexity index is 398. The number of nitrogens with zero attached hydrogens (tertiary/aromatic N) is 4. The predicted octanol–water partition coefficient (Wildman–Crippen LogP) is 1.98. The van der Waals surface area contributed by atoms with Crippen molar-refractivity contribution < 1.29 is 0 Å². The molecular weight excluding hydrogens is 212 g/mol. The van der Waals surface area contributed by atoms with Gasteiger partial charge in [-0.1, -0.05) is 6.92 Å². The number of aromatic nitrogens is 3. The van der Waals surface area contributed by atoms with Gasteiger partial charge in [0.2, 0.25) is 0 Å². The van der Waals surface area contributed by atoms with Crippen LogP contribution in [0.2, 0.25) is 0 Å². The van der Waals surface area contributed by atoms with E-state index >= 15 is 0 Å². The number of hydrogen-bond acceptors (Lipinski definition) is 3. The molecule has 1 fully saturated rings. The number of aryl methyl sites for hydroxylation is 1. The number of rotatable bonds is 1. The molecule has 0 N–H and O–H groups in total. The van der Waals surface area contributed by atoms with E-state index in [0.717, 1.165) is 18.9 Å². The van der Waals surface area contributed by atoms with Crippen LogP contribution in [0.15, 0.2) is 0 Å². The second-order valence-corrected chi connectivity index (χ2v) is 5.70. The second-order valence-electron chi connectivity index (χ2n) is 5.70. The molecule has 2 unspecified atom stereocenters. The van der Waals surface area contributed by atoms with Crippen molar-refractivity contribution in [1.82, 2.24) is 19.7 Å². The average molecular weight is 234 g/mol. The van der Waals surface area contributed by atoms with Gasteiger partial charge in [0.05, 0.1) is 0 Å². The lowest BCUT2D eigenvalue weighted by atomic mass is 9.98. The first-order chi connectivity index (χ1) is 8.24. The smallest absolute Gasteiger partial charge is 0.155 e. The Morgan fingerprint density at radius 1 is 1.18 bits per heavy atom. The molecule has 4 nitrogen and oxygen atoms in total. The normalized spacial score (nSPS) is 30.2. The molecular formula is C13H22N4. The van der Waals surface area contributed by atoms with Crippen molar-refractivity contribution in [1.29, 1.82) is 0 Å². The average Bonchev–Trinajstić information content (AvgIpc) is 2.74. The molecule has 2 aliphatic heterocycles. The van der Waals surface area contributed by atoms with Gasteiger partial charge < -0.3 is 4.90 Å². The highest BCUT2D eigenvalue weighted by molar-refractivity contribution is 5.06. The fourth-order valence-corrected chi connectivity index (χ4v) is 3.13. The zero-order valence-electron chi connectivity index (χ0n) is 10.9. The molecule has 0 saturated carbocycles. The molecule has 0 amide bonds. The van der Waals surface area contributed by atoms with Crippen LogP contribution in [0.1, 0.15) is 56.1 Å². The quantitative estimate of drug-likeness (QED) is 0.745. The first-order valence-corrected chi connectivity index (χ1v) is 6.87. The van der Waals surface area contributed by atoms with Crippen molar-refractivity contribution in [3.8, 4) is 0 Å². The topological polar surface area (TPSA) is 34.0 Å². The van der Waals surface area contributed by atoms with E-state index in [4.69, 9.17) is 10.1 Å². The van der Waals surface area contributed by atoms with Crippen molar-refractivity contribution in [2.45, 2.75) is 51.0 Å². The molecule has 17 heavy (non-hydrogen) atoms. The van der Waals surface area contributed by atoms with Crippen LogP contribution < -0.4 is 0 Å². The third-order valence-corrected chi connectivity index (χ3v) is 4.15. The van der Waals surface area contributed by atoms with E-state index in [1.807, 2.05) is 0 Å². The molecule has 2 atom stereocenters. The summed E-state index contributed by atoms with van der Waals surface area (Å²) in [7, 11) is 2.20. The summed E-state index contributed by atoms with van der Waals surface area (Å²) >= 11 is 0. The van der Waals surface area contributed by atoms with Crippen molar-refractivity contribution >= 4 is 0 Å². The summed E-state index contributed by atoms with van der Waals surface area (Å²) < 4.78 is 2.15. The van der Waals surface area contributed by atoms with Crippen LogP contribution in [-0.2, 0) is 6.54 Å². The molecule has 1 aromatic rings. The Hall–Kier alpha value is -0.900. The lowest BCUT2D eigenvalue weighted by Gasteiger charge is -2.27. The van der Waals surface area contributed by atoms with E-state index in [-0.39, 0.29) is 0 Å². The van der Waals surface area contributed by atoms with Gasteiger partial charge in [0.15, 0.2) is 5.82 Å². The zero-order chi connectivity index (χ0) is 11.8. The molecule has 0 aliphatic carbocycles. The fraction of sp³-hybridized carbons (Fsp3) is 0.846. The lowest BCUT2D eigenvalue weighted by Crippen LogP contribution is -2.31. The highest BCUT2D eigenvalue weighted by Gasteiger charge is 2.26. The van der Waals surface area contributed by atoms with Crippen LogP contribution in [0.3, 0.4) is 0 Å². The third-order valence-electron chi connectivity index (χ3n) is 4.15. The summed E-state index contributed by atoms with van der Waals surface area (Å²) in [6.45, 7) is 5.68. The van der Waals surface area contributed by atoms with Gasteiger partial charge in [-0.15, -0.1) is 0 Å². The maximum atomic E-state index is 4.82. The molecule has 4 heteroatoms. The van der Waals surface area contributed by atoms with E-state index in [1.54, 1.807) is 0 Å². The summed E-state index contributed by atoms with van der Waals surface area (Å²) in [6, 6.07) is 0.